The Kier molecular flexibility index (Phi) is 5.15. The van der Waals surface area contributed by atoms with Crippen LogP contribution < -0.4 is 5.56 Å². The van der Waals surface area contributed by atoms with Crippen molar-refractivity contribution in [2.24, 2.45) is 0 Å². The second-order valence-corrected chi connectivity index (χ2v) is 8.01. The highest BCUT2D eigenvalue weighted by Gasteiger charge is 2.16. The summed E-state index contributed by atoms with van der Waals surface area (Å²) in [6.45, 7) is 0.268. The van der Waals surface area contributed by atoms with Gasteiger partial charge in [-0.15, -0.1) is 11.3 Å². The first kappa shape index (κ1) is 18.0. The van der Waals surface area contributed by atoms with Crippen molar-refractivity contribution in [3.8, 4) is 0 Å². The molecule has 4 rings (SSSR count). The average Bonchev–Trinajstić information content (AvgIpc) is 3.34. The molecule has 4 aromatic rings. The Hall–Kier alpha value is -2.35. The molecule has 3 aromatic heterocycles. The van der Waals surface area contributed by atoms with Crippen molar-refractivity contribution in [3.05, 3.63) is 80.8 Å². The number of furan rings is 1. The van der Waals surface area contributed by atoms with E-state index in [1.807, 2.05) is 11.4 Å². The summed E-state index contributed by atoms with van der Waals surface area (Å²) in [5.41, 5.74) is 1.08. The lowest BCUT2D eigenvalue weighted by molar-refractivity contribution is 0.102. The van der Waals surface area contributed by atoms with Crippen LogP contribution >= 0.6 is 34.7 Å². The molecule has 3 heterocycles. The molecule has 0 spiro atoms. The molecule has 0 aliphatic heterocycles. The molecule has 0 amide bonds. The summed E-state index contributed by atoms with van der Waals surface area (Å²) in [5, 5.41) is 2.91. The van der Waals surface area contributed by atoms with Gasteiger partial charge in [0.15, 0.2) is 10.9 Å². The summed E-state index contributed by atoms with van der Waals surface area (Å²) >= 11 is 8.47. The molecular formula is C19H13ClN2O3S2. The summed E-state index contributed by atoms with van der Waals surface area (Å²) in [7, 11) is 0. The fourth-order valence-electron chi connectivity index (χ4n) is 2.58. The minimum Gasteiger partial charge on any atom is -0.467 e. The van der Waals surface area contributed by atoms with Gasteiger partial charge in [-0.3, -0.25) is 14.2 Å². The molecular weight excluding hydrogens is 404 g/mol. The van der Waals surface area contributed by atoms with Crippen LogP contribution in [0.4, 0.5) is 0 Å². The maximum Gasteiger partial charge on any atom is 0.272 e. The quantitative estimate of drug-likeness (QED) is 0.258. The van der Waals surface area contributed by atoms with Gasteiger partial charge in [0.05, 0.1) is 24.1 Å². The van der Waals surface area contributed by atoms with E-state index in [1.54, 1.807) is 47.2 Å². The molecule has 0 N–H and O–H groups in total. The first-order valence-corrected chi connectivity index (χ1v) is 10.3. The number of halogens is 1. The smallest absolute Gasteiger partial charge is 0.272 e. The molecule has 0 aliphatic carbocycles. The SMILES string of the molecule is O=C(CSc1nc2ccsc2c(=O)n1Cc1ccco1)c1ccc(Cl)cc1. The van der Waals surface area contributed by atoms with Gasteiger partial charge in [-0.25, -0.2) is 4.98 Å². The minimum atomic E-state index is -0.132. The third-order valence-corrected chi connectivity index (χ3v) is 6.04. The minimum absolute atomic E-state index is 0.0547. The van der Waals surface area contributed by atoms with Crippen LogP contribution in [-0.4, -0.2) is 21.1 Å². The lowest BCUT2D eigenvalue weighted by atomic mass is 10.1. The van der Waals surface area contributed by atoms with Crippen LogP contribution in [-0.2, 0) is 6.54 Å². The maximum atomic E-state index is 12.9. The number of hydrogen-bond acceptors (Lipinski definition) is 6. The van der Waals surface area contributed by atoms with Crippen molar-refractivity contribution < 1.29 is 9.21 Å². The first-order chi connectivity index (χ1) is 13.1. The number of carbonyl (C=O) groups is 1. The molecule has 1 aromatic carbocycles. The fourth-order valence-corrected chi connectivity index (χ4v) is 4.38. The van der Waals surface area contributed by atoms with Gasteiger partial charge in [0, 0.05) is 10.6 Å². The molecule has 8 heteroatoms. The molecule has 0 saturated carbocycles. The predicted octanol–water partition coefficient (Wildman–Crippen LogP) is 4.73. The van der Waals surface area contributed by atoms with Crippen LogP contribution in [0.15, 0.2) is 68.5 Å². The number of aromatic nitrogens is 2. The highest BCUT2D eigenvalue weighted by atomic mass is 35.5. The largest absolute Gasteiger partial charge is 0.467 e. The van der Waals surface area contributed by atoms with E-state index in [9.17, 15) is 9.59 Å². The summed E-state index contributed by atoms with van der Waals surface area (Å²) in [4.78, 5) is 29.9. The van der Waals surface area contributed by atoms with Crippen LogP contribution in [0.25, 0.3) is 10.2 Å². The van der Waals surface area contributed by atoms with Gasteiger partial charge < -0.3 is 4.42 Å². The Balaban J connectivity index is 1.64. The van der Waals surface area contributed by atoms with Gasteiger partial charge in [0.25, 0.3) is 5.56 Å². The molecule has 27 heavy (non-hydrogen) atoms. The number of carbonyl (C=O) groups excluding carboxylic acids is 1. The standard InChI is InChI=1S/C19H13ClN2O3S2/c20-13-5-3-12(4-6-13)16(23)11-27-19-21-15-7-9-26-17(15)18(24)22(19)10-14-2-1-8-25-14/h1-9H,10-11H2. The Morgan fingerprint density at radius 1 is 1.22 bits per heavy atom. The number of benzene rings is 1. The first-order valence-electron chi connectivity index (χ1n) is 8.04. The normalized spacial score (nSPS) is 11.1. The van der Waals surface area contributed by atoms with Crippen molar-refractivity contribution in [3.63, 3.8) is 0 Å². The van der Waals surface area contributed by atoms with Crippen LogP contribution in [0.1, 0.15) is 16.1 Å². The monoisotopic (exact) mass is 416 g/mol. The summed E-state index contributed by atoms with van der Waals surface area (Å²) in [5.74, 6) is 0.767. The summed E-state index contributed by atoms with van der Waals surface area (Å²) < 4.78 is 7.52. The number of rotatable bonds is 6. The second-order valence-electron chi connectivity index (χ2n) is 5.72. The van der Waals surface area contributed by atoms with E-state index in [0.29, 0.717) is 31.7 Å². The molecule has 0 fully saturated rings. The van der Waals surface area contributed by atoms with Crippen molar-refractivity contribution in [2.45, 2.75) is 11.7 Å². The van der Waals surface area contributed by atoms with Crippen molar-refractivity contribution in [2.75, 3.05) is 5.75 Å². The van der Waals surface area contributed by atoms with E-state index >= 15 is 0 Å². The molecule has 136 valence electrons. The van der Waals surface area contributed by atoms with Gasteiger partial charge >= 0.3 is 0 Å². The summed E-state index contributed by atoms with van der Waals surface area (Å²) in [6, 6.07) is 12.1. The Morgan fingerprint density at radius 2 is 2.04 bits per heavy atom. The maximum absolute atomic E-state index is 12.9. The van der Waals surface area contributed by atoms with E-state index in [0.717, 1.165) is 0 Å². The number of ketones is 1. The molecule has 0 saturated heterocycles. The molecule has 5 nitrogen and oxygen atoms in total. The Morgan fingerprint density at radius 3 is 2.78 bits per heavy atom. The van der Waals surface area contributed by atoms with Crippen molar-refractivity contribution in [1.29, 1.82) is 0 Å². The number of Topliss-reactive ketones (excluding diaryl/α,β-unsaturated/α-hetero) is 1. The van der Waals surface area contributed by atoms with E-state index in [2.05, 4.69) is 4.98 Å². The van der Waals surface area contributed by atoms with Gasteiger partial charge in [0.2, 0.25) is 0 Å². The van der Waals surface area contributed by atoms with Crippen molar-refractivity contribution in [1.82, 2.24) is 9.55 Å². The van der Waals surface area contributed by atoms with Gasteiger partial charge in [-0.1, -0.05) is 23.4 Å². The fraction of sp³-hybridized carbons (Fsp3) is 0.105. The van der Waals surface area contributed by atoms with E-state index in [1.165, 1.54) is 23.1 Å². The topological polar surface area (TPSA) is 65.1 Å². The number of hydrogen-bond donors (Lipinski definition) is 0. The van der Waals surface area contributed by atoms with Crippen molar-refractivity contribution >= 4 is 50.7 Å². The Labute approximate surface area is 167 Å². The van der Waals surface area contributed by atoms with Crippen LogP contribution in [0.5, 0.6) is 0 Å². The zero-order valence-electron chi connectivity index (χ0n) is 13.9. The molecule has 0 unspecified atom stereocenters. The highest BCUT2D eigenvalue weighted by Crippen LogP contribution is 2.23. The number of thioether (sulfide) groups is 1. The zero-order valence-corrected chi connectivity index (χ0v) is 16.3. The highest BCUT2D eigenvalue weighted by molar-refractivity contribution is 7.99. The Bertz CT molecular complexity index is 1150. The lowest BCUT2D eigenvalue weighted by Gasteiger charge is -2.10. The van der Waals surface area contributed by atoms with Crippen LogP contribution in [0.3, 0.4) is 0 Å². The number of fused-ring (bicyclic) bond motifs is 1. The number of thiophene rings is 1. The van der Waals surface area contributed by atoms with Gasteiger partial charge in [-0.05, 0) is 47.8 Å². The van der Waals surface area contributed by atoms with E-state index in [-0.39, 0.29) is 23.6 Å². The lowest BCUT2D eigenvalue weighted by Crippen LogP contribution is -2.23. The van der Waals surface area contributed by atoms with Gasteiger partial charge in [0.1, 0.15) is 10.5 Å². The van der Waals surface area contributed by atoms with E-state index < -0.39 is 0 Å². The summed E-state index contributed by atoms with van der Waals surface area (Å²) in [6.07, 6.45) is 1.56. The number of nitrogens with zero attached hydrogens (tertiary/aromatic N) is 2. The molecule has 0 bridgehead atoms. The second kappa shape index (κ2) is 7.72. The average molecular weight is 417 g/mol. The van der Waals surface area contributed by atoms with Crippen LogP contribution in [0.2, 0.25) is 5.02 Å². The predicted molar refractivity (Wildman–Crippen MR) is 108 cm³/mol. The zero-order chi connectivity index (χ0) is 18.8. The molecule has 0 atom stereocenters. The molecule has 0 radical (unpaired) electrons. The third-order valence-electron chi connectivity index (χ3n) is 3.92. The third kappa shape index (κ3) is 3.85. The van der Waals surface area contributed by atoms with E-state index in [4.69, 9.17) is 16.0 Å². The van der Waals surface area contributed by atoms with Gasteiger partial charge in [-0.2, -0.15) is 0 Å². The van der Waals surface area contributed by atoms with Crippen LogP contribution in [0, 0.1) is 0 Å². The molecule has 0 aliphatic rings.